The highest BCUT2D eigenvalue weighted by molar-refractivity contribution is 7.89. The number of rotatable bonds is 6. The van der Waals surface area contributed by atoms with E-state index in [0.29, 0.717) is 0 Å². The summed E-state index contributed by atoms with van der Waals surface area (Å²) < 4.78 is 30.5. The van der Waals surface area contributed by atoms with Crippen LogP contribution in [0, 0.1) is 5.92 Å². The molecule has 0 fully saturated rings. The van der Waals surface area contributed by atoms with E-state index in [1.165, 1.54) is 26.2 Å². The molecule has 0 radical (unpaired) electrons. The van der Waals surface area contributed by atoms with Gasteiger partial charge in [0.25, 0.3) is 5.91 Å². The van der Waals surface area contributed by atoms with Crippen LogP contribution in [-0.4, -0.2) is 50.8 Å². The van der Waals surface area contributed by atoms with Crippen molar-refractivity contribution in [1.29, 1.82) is 0 Å². The molecule has 0 aliphatic carbocycles. The normalized spacial score (nSPS) is 12.7. The molecule has 1 aromatic carbocycles. The summed E-state index contributed by atoms with van der Waals surface area (Å²) >= 11 is 5.96. The average Bonchev–Trinajstić information content (AvgIpc) is 2.51. The number of carbonyl (C=O) groups excluding carboxylic acids is 3. The topological polar surface area (TPSA) is 136 Å². The lowest BCUT2D eigenvalue weighted by Crippen LogP contribution is -2.45. The first-order valence-electron chi connectivity index (χ1n) is 7.41. The number of urea groups is 1. The second-order valence-corrected chi connectivity index (χ2v) is 8.41. The van der Waals surface area contributed by atoms with Crippen molar-refractivity contribution >= 4 is 39.5 Å². The monoisotopic (exact) mass is 405 g/mol. The predicted molar refractivity (Wildman–Crippen MR) is 94.1 cm³/mol. The number of sulfonamides is 1. The number of hydrogen-bond acceptors (Lipinski definition) is 6. The van der Waals surface area contributed by atoms with Gasteiger partial charge < -0.3 is 10.5 Å². The van der Waals surface area contributed by atoms with Crippen molar-refractivity contribution < 1.29 is 27.5 Å². The molecule has 1 rings (SSSR count). The number of primary amides is 1. The number of hydrogen-bond donors (Lipinski definition) is 2. The van der Waals surface area contributed by atoms with Crippen LogP contribution in [-0.2, 0) is 19.6 Å². The molecule has 0 unspecified atom stereocenters. The summed E-state index contributed by atoms with van der Waals surface area (Å²) in [5.41, 5.74) is 4.66. The summed E-state index contributed by atoms with van der Waals surface area (Å²) in [6.07, 6.45) is -1.32. The maximum atomic E-state index is 12.4. The number of nitrogens with one attached hydrogen (secondary N) is 1. The van der Waals surface area contributed by atoms with E-state index in [-0.39, 0.29) is 15.5 Å². The molecule has 0 heterocycles. The lowest BCUT2D eigenvalue weighted by molar-refractivity contribution is -0.130. The number of ether oxygens (including phenoxy) is 1. The van der Waals surface area contributed by atoms with Crippen LogP contribution in [0.3, 0.4) is 0 Å². The molecule has 9 nitrogen and oxygen atoms in total. The number of benzene rings is 1. The van der Waals surface area contributed by atoms with E-state index in [9.17, 15) is 22.8 Å². The maximum Gasteiger partial charge on any atom is 0.340 e. The van der Waals surface area contributed by atoms with Crippen LogP contribution in [0.1, 0.15) is 24.2 Å². The summed E-state index contributed by atoms with van der Waals surface area (Å²) in [6, 6.07) is 2.45. The lowest BCUT2D eigenvalue weighted by Gasteiger charge is -2.20. The second-order valence-electron chi connectivity index (χ2n) is 5.85. The molecule has 1 aromatic rings. The number of carbonyl (C=O) groups is 3. The number of nitrogens with two attached hydrogens (primary N) is 1. The van der Waals surface area contributed by atoms with Crippen molar-refractivity contribution in [3.05, 3.63) is 28.8 Å². The van der Waals surface area contributed by atoms with Crippen molar-refractivity contribution in [2.75, 3.05) is 14.1 Å². The van der Waals surface area contributed by atoms with Gasteiger partial charge >= 0.3 is 12.0 Å². The Kier molecular flexibility index (Phi) is 7.13. The summed E-state index contributed by atoms with van der Waals surface area (Å²) in [4.78, 5) is 35.0. The first-order chi connectivity index (χ1) is 11.9. The van der Waals surface area contributed by atoms with Crippen molar-refractivity contribution in [1.82, 2.24) is 9.62 Å². The zero-order valence-electron chi connectivity index (χ0n) is 14.6. The van der Waals surface area contributed by atoms with Gasteiger partial charge in [0, 0.05) is 14.1 Å². The summed E-state index contributed by atoms with van der Waals surface area (Å²) in [7, 11) is -1.12. The largest absolute Gasteiger partial charge is 0.448 e. The van der Waals surface area contributed by atoms with Crippen molar-refractivity contribution in [3.8, 4) is 0 Å². The van der Waals surface area contributed by atoms with Crippen LogP contribution in [0.25, 0.3) is 0 Å². The van der Waals surface area contributed by atoms with Gasteiger partial charge in [0.15, 0.2) is 6.10 Å². The van der Waals surface area contributed by atoms with Crippen molar-refractivity contribution in [2.45, 2.75) is 24.8 Å². The molecule has 144 valence electrons. The zero-order chi connectivity index (χ0) is 20.2. The number of imide groups is 1. The van der Waals surface area contributed by atoms with E-state index < -0.39 is 40.0 Å². The fraction of sp³-hybridized carbons (Fsp3) is 0.400. The van der Waals surface area contributed by atoms with E-state index in [1.54, 1.807) is 13.8 Å². The predicted octanol–water partition coefficient (Wildman–Crippen LogP) is 0.967. The summed E-state index contributed by atoms with van der Waals surface area (Å²) in [5, 5.41) is 1.78. The van der Waals surface area contributed by atoms with Crippen LogP contribution in [0.5, 0.6) is 0 Å². The SMILES string of the molecule is CC(C)[C@H](OC(=O)c1cc(S(=O)(=O)N(C)C)ccc1Cl)C(=O)NC(N)=O. The van der Waals surface area contributed by atoms with Crippen LogP contribution >= 0.6 is 11.6 Å². The van der Waals surface area contributed by atoms with E-state index in [0.717, 1.165) is 10.4 Å². The van der Waals surface area contributed by atoms with Crippen LogP contribution < -0.4 is 11.1 Å². The first kappa shape index (κ1) is 21.9. The Hall–Kier alpha value is -2.17. The van der Waals surface area contributed by atoms with E-state index in [4.69, 9.17) is 22.1 Å². The van der Waals surface area contributed by atoms with Crippen molar-refractivity contribution in [3.63, 3.8) is 0 Å². The minimum atomic E-state index is -3.80. The summed E-state index contributed by atoms with van der Waals surface area (Å²) in [6.45, 7) is 3.18. The Morgan fingerprint density at radius 1 is 1.23 bits per heavy atom. The van der Waals surface area contributed by atoms with Gasteiger partial charge in [-0.05, 0) is 24.1 Å². The van der Waals surface area contributed by atoms with Gasteiger partial charge in [0.1, 0.15) is 0 Å². The van der Waals surface area contributed by atoms with Crippen LogP contribution in [0.4, 0.5) is 4.79 Å². The third-order valence-corrected chi connectivity index (χ3v) is 5.42. The molecule has 11 heteroatoms. The maximum absolute atomic E-state index is 12.4. The molecule has 0 aliphatic heterocycles. The highest BCUT2D eigenvalue weighted by Crippen LogP contribution is 2.24. The van der Waals surface area contributed by atoms with Gasteiger partial charge in [0.05, 0.1) is 15.5 Å². The molecule has 0 saturated carbocycles. The lowest BCUT2D eigenvalue weighted by atomic mass is 10.1. The number of amides is 3. The highest BCUT2D eigenvalue weighted by atomic mass is 35.5. The third kappa shape index (κ3) is 5.16. The molecule has 3 N–H and O–H groups in total. The second kappa shape index (κ2) is 8.47. The van der Waals surface area contributed by atoms with Crippen molar-refractivity contribution in [2.24, 2.45) is 11.7 Å². The van der Waals surface area contributed by atoms with Crippen LogP contribution in [0.2, 0.25) is 5.02 Å². The summed E-state index contributed by atoms with van der Waals surface area (Å²) in [5.74, 6) is -2.39. The Bertz CT molecular complexity index is 823. The van der Waals surface area contributed by atoms with E-state index in [2.05, 4.69) is 0 Å². The van der Waals surface area contributed by atoms with Gasteiger partial charge in [-0.2, -0.15) is 0 Å². The molecule has 3 amide bonds. The minimum absolute atomic E-state index is 0.0504. The zero-order valence-corrected chi connectivity index (χ0v) is 16.2. The first-order valence-corrected chi connectivity index (χ1v) is 9.23. The molecule has 0 spiro atoms. The number of esters is 1. The molecular weight excluding hydrogens is 386 g/mol. The Morgan fingerprint density at radius 2 is 1.81 bits per heavy atom. The van der Waals surface area contributed by atoms with Crippen LogP contribution in [0.15, 0.2) is 23.1 Å². The highest BCUT2D eigenvalue weighted by Gasteiger charge is 2.29. The Balaban J connectivity index is 3.20. The molecular formula is C15H20ClN3O6S. The molecule has 0 bridgehead atoms. The molecule has 0 aliphatic rings. The number of nitrogens with zero attached hydrogens (tertiary/aromatic N) is 1. The number of halogens is 1. The smallest absolute Gasteiger partial charge is 0.340 e. The van der Waals surface area contributed by atoms with E-state index in [1.807, 2.05) is 5.32 Å². The van der Waals surface area contributed by atoms with E-state index >= 15 is 0 Å². The fourth-order valence-electron chi connectivity index (χ4n) is 1.90. The van der Waals surface area contributed by atoms with Gasteiger partial charge in [-0.15, -0.1) is 0 Å². The fourth-order valence-corrected chi connectivity index (χ4v) is 3.02. The van der Waals surface area contributed by atoms with Gasteiger partial charge in [-0.3, -0.25) is 10.1 Å². The molecule has 1 atom stereocenters. The van der Waals surface area contributed by atoms with Gasteiger partial charge in [0.2, 0.25) is 10.0 Å². The molecule has 26 heavy (non-hydrogen) atoms. The van der Waals surface area contributed by atoms with Gasteiger partial charge in [-0.25, -0.2) is 22.3 Å². The average molecular weight is 406 g/mol. The Labute approximate surface area is 156 Å². The quantitative estimate of drug-likeness (QED) is 0.676. The third-order valence-electron chi connectivity index (χ3n) is 3.28. The van der Waals surface area contributed by atoms with Gasteiger partial charge in [-0.1, -0.05) is 25.4 Å². The standard InChI is InChI=1S/C15H20ClN3O6S/c1-8(2)12(13(20)18-15(17)22)25-14(21)10-7-9(5-6-11(10)16)26(23,24)19(3)4/h5-8,12H,1-4H3,(H3,17,18,20,22)/t12-/m0/s1. The molecule has 0 saturated heterocycles. The minimum Gasteiger partial charge on any atom is -0.448 e. The molecule has 0 aromatic heterocycles. The Morgan fingerprint density at radius 3 is 2.27 bits per heavy atom.